The Morgan fingerprint density at radius 3 is 1.67 bits per heavy atom. The van der Waals surface area contributed by atoms with E-state index in [1.165, 1.54) is 6.42 Å². The SMILES string of the molecule is CCC(C)(C)C.CCC(C)(C)COc1ccc(C(=O)Oc2ccc(OC)cc2)cc1. The van der Waals surface area contributed by atoms with Gasteiger partial charge in [0.15, 0.2) is 0 Å². The number of esters is 1. The van der Waals surface area contributed by atoms with Gasteiger partial charge >= 0.3 is 5.97 Å². The Hall–Kier alpha value is -2.49. The summed E-state index contributed by atoms with van der Waals surface area (Å²) in [7, 11) is 1.59. The lowest BCUT2D eigenvalue weighted by atomic mass is 9.92. The molecule has 166 valence electrons. The number of hydrogen-bond acceptors (Lipinski definition) is 4. The van der Waals surface area contributed by atoms with Crippen molar-refractivity contribution in [1.29, 1.82) is 0 Å². The molecule has 0 amide bonds. The summed E-state index contributed by atoms with van der Waals surface area (Å²) in [6, 6.07) is 13.9. The molecule has 0 saturated heterocycles. The second kappa shape index (κ2) is 11.6. The third-order valence-corrected chi connectivity index (χ3v) is 5.01. The van der Waals surface area contributed by atoms with Gasteiger partial charge in [-0.15, -0.1) is 0 Å². The van der Waals surface area contributed by atoms with Gasteiger partial charge in [-0.25, -0.2) is 4.79 Å². The van der Waals surface area contributed by atoms with Gasteiger partial charge in [0.05, 0.1) is 19.3 Å². The monoisotopic (exact) mass is 414 g/mol. The third-order valence-electron chi connectivity index (χ3n) is 5.01. The maximum atomic E-state index is 12.1. The first-order chi connectivity index (χ1) is 14.0. The Labute approximate surface area is 182 Å². The van der Waals surface area contributed by atoms with E-state index in [0.717, 1.165) is 12.2 Å². The van der Waals surface area contributed by atoms with Crippen LogP contribution >= 0.6 is 0 Å². The van der Waals surface area contributed by atoms with E-state index < -0.39 is 5.97 Å². The normalized spacial score (nSPS) is 11.2. The standard InChI is InChI=1S/C20H24O4.C6H14/c1-5-20(2,3)14-23-17-8-6-15(7-9-17)19(21)24-18-12-10-16(22-4)11-13-18;1-5-6(2,3)4/h6-13H,5,14H2,1-4H3;5H2,1-4H3. The van der Waals surface area contributed by atoms with Crippen LogP contribution in [0.3, 0.4) is 0 Å². The molecule has 0 atom stereocenters. The summed E-state index contributed by atoms with van der Waals surface area (Å²) in [5.74, 6) is 1.54. The van der Waals surface area contributed by atoms with Crippen LogP contribution < -0.4 is 14.2 Å². The van der Waals surface area contributed by atoms with Gasteiger partial charge in [0, 0.05) is 0 Å². The molecule has 4 nitrogen and oxygen atoms in total. The lowest BCUT2D eigenvalue weighted by Gasteiger charge is -2.22. The van der Waals surface area contributed by atoms with Crippen LogP contribution in [-0.2, 0) is 0 Å². The van der Waals surface area contributed by atoms with Crippen molar-refractivity contribution in [3.63, 3.8) is 0 Å². The van der Waals surface area contributed by atoms with Crippen molar-refractivity contribution in [2.75, 3.05) is 13.7 Å². The van der Waals surface area contributed by atoms with Gasteiger partial charge in [0.1, 0.15) is 17.2 Å². The smallest absolute Gasteiger partial charge is 0.343 e. The largest absolute Gasteiger partial charge is 0.497 e. The molecule has 4 heteroatoms. The van der Waals surface area contributed by atoms with Gasteiger partial charge in [-0.2, -0.15) is 0 Å². The highest BCUT2D eigenvalue weighted by Gasteiger charge is 2.16. The fourth-order valence-corrected chi connectivity index (χ4v) is 1.88. The lowest BCUT2D eigenvalue weighted by Crippen LogP contribution is -2.20. The highest BCUT2D eigenvalue weighted by molar-refractivity contribution is 5.91. The third kappa shape index (κ3) is 9.82. The van der Waals surface area contributed by atoms with Crippen LogP contribution in [0.2, 0.25) is 0 Å². The second-order valence-electron chi connectivity index (χ2n) is 9.31. The molecule has 2 rings (SSSR count). The molecule has 0 spiro atoms. The van der Waals surface area contributed by atoms with E-state index in [2.05, 4.69) is 48.5 Å². The maximum Gasteiger partial charge on any atom is 0.343 e. The molecule has 2 aromatic rings. The van der Waals surface area contributed by atoms with Crippen LogP contribution in [0, 0.1) is 10.8 Å². The number of carbonyl (C=O) groups excluding carboxylic acids is 1. The van der Waals surface area contributed by atoms with Gasteiger partial charge in [-0.1, -0.05) is 54.9 Å². The predicted molar refractivity (Wildman–Crippen MR) is 124 cm³/mol. The fourth-order valence-electron chi connectivity index (χ4n) is 1.88. The molecule has 0 aliphatic heterocycles. The first-order valence-corrected chi connectivity index (χ1v) is 10.6. The zero-order chi connectivity index (χ0) is 22.8. The predicted octanol–water partition coefficient (Wildman–Crippen LogP) is 7.17. The molecule has 0 unspecified atom stereocenters. The summed E-state index contributed by atoms with van der Waals surface area (Å²) in [6.45, 7) is 16.0. The summed E-state index contributed by atoms with van der Waals surface area (Å²) in [4.78, 5) is 12.1. The van der Waals surface area contributed by atoms with Crippen LogP contribution in [0.1, 0.15) is 71.7 Å². The fraction of sp³-hybridized carbons (Fsp3) is 0.500. The van der Waals surface area contributed by atoms with Crippen molar-refractivity contribution in [2.45, 2.75) is 61.3 Å². The molecule has 0 aliphatic rings. The van der Waals surface area contributed by atoms with E-state index in [1.54, 1.807) is 55.6 Å². The molecule has 0 fully saturated rings. The van der Waals surface area contributed by atoms with Crippen LogP contribution in [0.25, 0.3) is 0 Å². The maximum absolute atomic E-state index is 12.1. The Morgan fingerprint density at radius 1 is 0.767 bits per heavy atom. The quantitative estimate of drug-likeness (QED) is 0.356. The zero-order valence-electron chi connectivity index (χ0n) is 19.9. The lowest BCUT2D eigenvalue weighted by molar-refractivity contribution is 0.0734. The highest BCUT2D eigenvalue weighted by atomic mass is 16.5. The number of ether oxygens (including phenoxy) is 3. The minimum absolute atomic E-state index is 0.131. The summed E-state index contributed by atoms with van der Waals surface area (Å²) in [5.41, 5.74) is 1.15. The highest BCUT2D eigenvalue weighted by Crippen LogP contribution is 2.23. The molecule has 0 radical (unpaired) electrons. The Balaban J connectivity index is 0.000000656. The molecule has 0 bridgehead atoms. The van der Waals surface area contributed by atoms with Crippen molar-refractivity contribution < 1.29 is 19.0 Å². The number of rotatable bonds is 7. The van der Waals surface area contributed by atoms with Gasteiger partial charge in [0.25, 0.3) is 0 Å². The number of methoxy groups -OCH3 is 1. The molecule has 2 aromatic carbocycles. The van der Waals surface area contributed by atoms with E-state index in [4.69, 9.17) is 14.2 Å². The Kier molecular flexibility index (Phi) is 9.91. The molecule has 0 heterocycles. The summed E-state index contributed by atoms with van der Waals surface area (Å²) in [5, 5.41) is 0. The first kappa shape index (κ1) is 25.5. The van der Waals surface area contributed by atoms with Crippen molar-refractivity contribution in [2.24, 2.45) is 10.8 Å². The second-order valence-corrected chi connectivity index (χ2v) is 9.31. The molecular weight excluding hydrogens is 376 g/mol. The minimum atomic E-state index is -0.402. The number of hydrogen-bond donors (Lipinski definition) is 0. The van der Waals surface area contributed by atoms with Gasteiger partial charge in [0.2, 0.25) is 0 Å². The minimum Gasteiger partial charge on any atom is -0.497 e. The van der Waals surface area contributed by atoms with E-state index in [0.29, 0.717) is 29.1 Å². The van der Waals surface area contributed by atoms with E-state index in [1.807, 2.05) is 0 Å². The average molecular weight is 415 g/mol. The van der Waals surface area contributed by atoms with Gasteiger partial charge in [-0.05, 0) is 65.8 Å². The summed E-state index contributed by atoms with van der Waals surface area (Å²) < 4.78 is 16.2. The van der Waals surface area contributed by atoms with E-state index in [-0.39, 0.29) is 5.41 Å². The molecule has 0 N–H and O–H groups in total. The van der Waals surface area contributed by atoms with Crippen molar-refractivity contribution in [1.82, 2.24) is 0 Å². The molecule has 0 aromatic heterocycles. The number of carbonyl (C=O) groups is 1. The summed E-state index contributed by atoms with van der Waals surface area (Å²) in [6.07, 6.45) is 2.31. The van der Waals surface area contributed by atoms with E-state index in [9.17, 15) is 4.79 Å². The Bertz CT molecular complexity index is 753. The first-order valence-electron chi connectivity index (χ1n) is 10.6. The van der Waals surface area contributed by atoms with Crippen LogP contribution in [-0.4, -0.2) is 19.7 Å². The van der Waals surface area contributed by atoms with Crippen molar-refractivity contribution >= 4 is 5.97 Å². The van der Waals surface area contributed by atoms with Crippen LogP contribution in [0.15, 0.2) is 48.5 Å². The topological polar surface area (TPSA) is 44.8 Å². The van der Waals surface area contributed by atoms with Gasteiger partial charge < -0.3 is 14.2 Å². The van der Waals surface area contributed by atoms with Crippen molar-refractivity contribution in [3.05, 3.63) is 54.1 Å². The molecule has 0 saturated carbocycles. The summed E-state index contributed by atoms with van der Waals surface area (Å²) >= 11 is 0. The van der Waals surface area contributed by atoms with Crippen molar-refractivity contribution in [3.8, 4) is 17.2 Å². The number of benzene rings is 2. The Morgan fingerprint density at radius 2 is 1.23 bits per heavy atom. The molecule has 30 heavy (non-hydrogen) atoms. The van der Waals surface area contributed by atoms with Gasteiger partial charge in [-0.3, -0.25) is 0 Å². The zero-order valence-corrected chi connectivity index (χ0v) is 19.9. The molecular formula is C26H38O4. The average Bonchev–Trinajstić information content (AvgIpc) is 2.73. The van der Waals surface area contributed by atoms with Crippen LogP contribution in [0.5, 0.6) is 17.2 Å². The van der Waals surface area contributed by atoms with Crippen LogP contribution in [0.4, 0.5) is 0 Å². The molecule has 0 aliphatic carbocycles. The van der Waals surface area contributed by atoms with E-state index >= 15 is 0 Å².